The molecule has 196 valence electrons. The number of hydrogen-bond acceptors (Lipinski definition) is 4. The first-order chi connectivity index (χ1) is 18.3. The first-order valence-corrected chi connectivity index (χ1v) is 13.5. The minimum atomic E-state index is -0.717. The standard InChI is InChI=1S/C30H30Cl2N4O2/c1-21(30(38)34-28-17-26(31)16-27(32)18-28)36(29(37)11-14-35-12-2-3-13-35)20-22-7-9-24(10-8-22)25-6-4-5-23(15-25)19-33/h4-10,15-18,21H,2-3,11-14,20H2,1H3,(H,34,38). The summed E-state index contributed by atoms with van der Waals surface area (Å²) >= 11 is 12.2. The first kappa shape index (κ1) is 27.7. The lowest BCUT2D eigenvalue weighted by Crippen LogP contribution is -2.46. The van der Waals surface area contributed by atoms with Gasteiger partial charge in [0.05, 0.1) is 11.6 Å². The monoisotopic (exact) mass is 548 g/mol. The second kappa shape index (κ2) is 12.9. The summed E-state index contributed by atoms with van der Waals surface area (Å²) in [5, 5.41) is 12.9. The molecule has 2 amide bonds. The Kier molecular flexibility index (Phi) is 9.41. The third-order valence-corrected chi connectivity index (χ3v) is 7.21. The van der Waals surface area contributed by atoms with E-state index in [1.165, 1.54) is 0 Å². The van der Waals surface area contributed by atoms with Crippen molar-refractivity contribution in [3.05, 3.63) is 87.9 Å². The highest BCUT2D eigenvalue weighted by molar-refractivity contribution is 6.35. The second-order valence-corrected chi connectivity index (χ2v) is 10.4. The van der Waals surface area contributed by atoms with Crippen LogP contribution in [0.2, 0.25) is 10.0 Å². The van der Waals surface area contributed by atoms with E-state index in [4.69, 9.17) is 23.2 Å². The molecule has 1 heterocycles. The van der Waals surface area contributed by atoms with Gasteiger partial charge in [0.1, 0.15) is 6.04 Å². The molecule has 0 saturated carbocycles. The molecule has 4 rings (SSSR count). The molecule has 0 aromatic heterocycles. The number of likely N-dealkylation sites (tertiary alicyclic amines) is 1. The summed E-state index contributed by atoms with van der Waals surface area (Å²) in [5.41, 5.74) is 3.91. The van der Waals surface area contributed by atoms with Gasteiger partial charge >= 0.3 is 0 Å². The van der Waals surface area contributed by atoms with Crippen LogP contribution in [0.5, 0.6) is 0 Å². The quantitative estimate of drug-likeness (QED) is 0.336. The van der Waals surface area contributed by atoms with Gasteiger partial charge in [0.2, 0.25) is 11.8 Å². The zero-order valence-electron chi connectivity index (χ0n) is 21.3. The van der Waals surface area contributed by atoms with Gasteiger partial charge in [-0.2, -0.15) is 5.26 Å². The van der Waals surface area contributed by atoms with Crippen molar-refractivity contribution in [2.75, 3.05) is 25.0 Å². The number of anilines is 1. The molecule has 0 bridgehead atoms. The number of rotatable bonds is 9. The number of halogens is 2. The summed E-state index contributed by atoms with van der Waals surface area (Å²) in [6.07, 6.45) is 2.66. The van der Waals surface area contributed by atoms with Crippen LogP contribution < -0.4 is 5.32 Å². The lowest BCUT2D eigenvalue weighted by Gasteiger charge is -2.29. The van der Waals surface area contributed by atoms with E-state index in [0.717, 1.165) is 42.6 Å². The zero-order valence-corrected chi connectivity index (χ0v) is 22.8. The van der Waals surface area contributed by atoms with Gasteiger partial charge < -0.3 is 15.1 Å². The van der Waals surface area contributed by atoms with Crippen LogP contribution in [-0.4, -0.2) is 47.3 Å². The summed E-state index contributed by atoms with van der Waals surface area (Å²) in [5.74, 6) is -0.391. The fourth-order valence-corrected chi connectivity index (χ4v) is 5.15. The van der Waals surface area contributed by atoms with E-state index < -0.39 is 6.04 Å². The Morgan fingerprint density at radius 3 is 2.34 bits per heavy atom. The van der Waals surface area contributed by atoms with Crippen molar-refractivity contribution in [3.8, 4) is 17.2 Å². The number of nitrogens with one attached hydrogen (secondary N) is 1. The van der Waals surface area contributed by atoms with Gasteiger partial charge in [-0.05, 0) is 79.9 Å². The van der Waals surface area contributed by atoms with E-state index in [9.17, 15) is 14.9 Å². The predicted octanol–water partition coefficient (Wildman–Crippen LogP) is 6.37. The van der Waals surface area contributed by atoms with Crippen molar-refractivity contribution in [2.24, 2.45) is 0 Å². The Morgan fingerprint density at radius 1 is 1.00 bits per heavy atom. The fourth-order valence-electron chi connectivity index (χ4n) is 4.63. The maximum Gasteiger partial charge on any atom is 0.246 e. The van der Waals surface area contributed by atoms with Crippen LogP contribution in [0.25, 0.3) is 11.1 Å². The number of nitrogens with zero attached hydrogens (tertiary/aromatic N) is 3. The highest BCUT2D eigenvalue weighted by atomic mass is 35.5. The number of benzene rings is 3. The van der Waals surface area contributed by atoms with E-state index in [0.29, 0.717) is 40.8 Å². The molecule has 6 nitrogen and oxygen atoms in total. The van der Waals surface area contributed by atoms with Crippen LogP contribution in [0.1, 0.15) is 37.3 Å². The smallest absolute Gasteiger partial charge is 0.246 e. The fraction of sp³-hybridized carbons (Fsp3) is 0.300. The third kappa shape index (κ3) is 7.35. The van der Waals surface area contributed by atoms with Gasteiger partial charge in [-0.15, -0.1) is 0 Å². The van der Waals surface area contributed by atoms with Crippen LogP contribution in [-0.2, 0) is 16.1 Å². The summed E-state index contributed by atoms with van der Waals surface area (Å²) in [7, 11) is 0. The number of nitriles is 1. The molecule has 1 atom stereocenters. The van der Waals surface area contributed by atoms with Crippen molar-refractivity contribution in [1.82, 2.24) is 9.80 Å². The summed E-state index contributed by atoms with van der Waals surface area (Å²) in [4.78, 5) is 30.5. The van der Waals surface area contributed by atoms with E-state index in [1.807, 2.05) is 42.5 Å². The molecule has 1 N–H and O–H groups in total. The topological polar surface area (TPSA) is 76.4 Å². The summed E-state index contributed by atoms with van der Waals surface area (Å²) < 4.78 is 0. The second-order valence-electron chi connectivity index (χ2n) is 9.53. The number of carbonyl (C=O) groups excluding carboxylic acids is 2. The highest BCUT2D eigenvalue weighted by Crippen LogP contribution is 2.24. The van der Waals surface area contributed by atoms with Gasteiger partial charge in [-0.25, -0.2) is 0 Å². The Balaban J connectivity index is 1.51. The first-order valence-electron chi connectivity index (χ1n) is 12.7. The molecule has 1 unspecified atom stereocenters. The third-order valence-electron chi connectivity index (χ3n) is 6.77. The Labute approximate surface area is 233 Å². The van der Waals surface area contributed by atoms with E-state index in [-0.39, 0.29) is 11.8 Å². The molecule has 3 aromatic carbocycles. The van der Waals surface area contributed by atoms with E-state index in [1.54, 1.807) is 36.1 Å². The van der Waals surface area contributed by atoms with Crippen molar-refractivity contribution in [2.45, 2.75) is 38.8 Å². The molecule has 38 heavy (non-hydrogen) atoms. The van der Waals surface area contributed by atoms with Crippen LogP contribution in [0.4, 0.5) is 5.69 Å². The maximum absolute atomic E-state index is 13.4. The lowest BCUT2D eigenvalue weighted by molar-refractivity contribution is -0.139. The molecule has 1 fully saturated rings. The summed E-state index contributed by atoms with van der Waals surface area (Å²) in [6.45, 7) is 4.72. The van der Waals surface area contributed by atoms with Crippen LogP contribution >= 0.6 is 23.2 Å². The molecule has 0 radical (unpaired) electrons. The Hall–Kier alpha value is -3.37. The van der Waals surface area contributed by atoms with Gasteiger partial charge in [0.25, 0.3) is 0 Å². The lowest BCUT2D eigenvalue weighted by atomic mass is 10.0. The molecular weight excluding hydrogens is 519 g/mol. The van der Waals surface area contributed by atoms with E-state index >= 15 is 0 Å². The average Bonchev–Trinajstić information content (AvgIpc) is 3.43. The minimum absolute atomic E-state index is 0.0746. The van der Waals surface area contributed by atoms with Crippen molar-refractivity contribution >= 4 is 40.7 Å². The molecule has 0 aliphatic carbocycles. The molecule has 1 aliphatic heterocycles. The Bertz CT molecular complexity index is 1310. The van der Waals surface area contributed by atoms with Gasteiger partial charge in [0.15, 0.2) is 0 Å². The van der Waals surface area contributed by atoms with E-state index in [2.05, 4.69) is 16.3 Å². The van der Waals surface area contributed by atoms with Gasteiger partial charge in [0, 0.05) is 35.2 Å². The molecular formula is C30H30Cl2N4O2. The normalized spacial score (nSPS) is 14.1. The SMILES string of the molecule is CC(C(=O)Nc1cc(Cl)cc(Cl)c1)N(Cc1ccc(-c2cccc(C#N)c2)cc1)C(=O)CCN1CCCC1. The number of hydrogen-bond donors (Lipinski definition) is 1. The molecule has 1 saturated heterocycles. The van der Waals surface area contributed by atoms with Crippen LogP contribution in [0, 0.1) is 11.3 Å². The van der Waals surface area contributed by atoms with Crippen molar-refractivity contribution in [3.63, 3.8) is 0 Å². The van der Waals surface area contributed by atoms with Crippen molar-refractivity contribution < 1.29 is 9.59 Å². The molecule has 3 aromatic rings. The largest absolute Gasteiger partial charge is 0.327 e. The predicted molar refractivity (Wildman–Crippen MR) is 152 cm³/mol. The van der Waals surface area contributed by atoms with Crippen LogP contribution in [0.3, 0.4) is 0 Å². The average molecular weight is 550 g/mol. The molecule has 1 aliphatic rings. The highest BCUT2D eigenvalue weighted by Gasteiger charge is 2.27. The van der Waals surface area contributed by atoms with Crippen LogP contribution in [0.15, 0.2) is 66.7 Å². The molecule has 0 spiro atoms. The minimum Gasteiger partial charge on any atom is -0.327 e. The number of carbonyl (C=O) groups is 2. The number of amides is 2. The maximum atomic E-state index is 13.4. The molecule has 8 heteroatoms. The zero-order chi connectivity index (χ0) is 27.1. The van der Waals surface area contributed by atoms with Crippen molar-refractivity contribution in [1.29, 1.82) is 5.26 Å². The van der Waals surface area contributed by atoms with Gasteiger partial charge in [-0.1, -0.05) is 59.6 Å². The van der Waals surface area contributed by atoms with Gasteiger partial charge in [-0.3, -0.25) is 9.59 Å². The summed E-state index contributed by atoms with van der Waals surface area (Å²) in [6, 6.07) is 21.6. The Morgan fingerprint density at radius 2 is 1.68 bits per heavy atom.